The normalized spacial score (nSPS) is 19.3. The summed E-state index contributed by atoms with van der Waals surface area (Å²) in [4.78, 5) is 11.5. The van der Waals surface area contributed by atoms with E-state index in [9.17, 15) is 9.65 Å². The number of hydrogen-bond donors (Lipinski definition) is 3. The molecular formula is C25H26FN7. The highest BCUT2D eigenvalue weighted by Gasteiger charge is 2.25. The summed E-state index contributed by atoms with van der Waals surface area (Å²) in [5, 5.41) is 23.6. The molecular weight excluding hydrogens is 417 g/mol. The standard InChI is InChI=1S/C25H26FN7/c1-29-14-19-12-18(9-10-21(19)28)22-23(17-7-5-16(13-27)6-8-17)31-25(32-24(22)30-2)33-11-3-4-20(26)15-33/h5-10,12,14,20,28-29H,3-4,11,15H2,1-2H3,(H,30,31,32)/b19-14-,28-21?/t20-/m0/s1. The summed E-state index contributed by atoms with van der Waals surface area (Å²) in [5.74, 6) is 1.09. The fraction of sp³-hybridized carbons (Fsp3) is 0.280. The maximum absolute atomic E-state index is 14.1. The Morgan fingerprint density at radius 1 is 1.21 bits per heavy atom. The van der Waals surface area contributed by atoms with Crippen molar-refractivity contribution in [3.05, 3.63) is 65.4 Å². The van der Waals surface area contributed by atoms with E-state index in [0.717, 1.165) is 28.7 Å². The number of benzene rings is 1. The van der Waals surface area contributed by atoms with Crippen LogP contribution in [0.15, 0.2) is 54.3 Å². The molecule has 8 heteroatoms. The lowest BCUT2D eigenvalue weighted by atomic mass is 9.92. The summed E-state index contributed by atoms with van der Waals surface area (Å²) in [6, 6.07) is 9.38. The van der Waals surface area contributed by atoms with Crippen LogP contribution in [-0.4, -0.2) is 49.0 Å². The van der Waals surface area contributed by atoms with Crippen molar-refractivity contribution in [2.24, 2.45) is 0 Å². The fourth-order valence-corrected chi connectivity index (χ4v) is 4.06. The molecule has 0 spiro atoms. The molecule has 1 aromatic heterocycles. The number of aromatic nitrogens is 2. The maximum Gasteiger partial charge on any atom is 0.228 e. The summed E-state index contributed by atoms with van der Waals surface area (Å²) in [6.07, 6.45) is 7.72. The minimum Gasteiger partial charge on any atom is -0.393 e. The smallest absolute Gasteiger partial charge is 0.228 e. The van der Waals surface area contributed by atoms with Crippen molar-refractivity contribution in [2.75, 3.05) is 37.4 Å². The minimum atomic E-state index is -0.900. The van der Waals surface area contributed by atoms with Gasteiger partial charge in [0, 0.05) is 38.0 Å². The third kappa shape index (κ3) is 4.62. The highest BCUT2D eigenvalue weighted by molar-refractivity contribution is 6.14. The van der Waals surface area contributed by atoms with Crippen LogP contribution < -0.4 is 15.5 Å². The van der Waals surface area contributed by atoms with Crippen molar-refractivity contribution in [2.45, 2.75) is 19.0 Å². The number of halogens is 1. The highest BCUT2D eigenvalue weighted by Crippen LogP contribution is 2.37. The average molecular weight is 444 g/mol. The number of anilines is 2. The predicted octanol–water partition coefficient (Wildman–Crippen LogP) is 4.07. The van der Waals surface area contributed by atoms with E-state index < -0.39 is 6.17 Å². The van der Waals surface area contributed by atoms with Crippen LogP contribution in [0.2, 0.25) is 0 Å². The van der Waals surface area contributed by atoms with Gasteiger partial charge in [-0.1, -0.05) is 18.2 Å². The quantitative estimate of drug-likeness (QED) is 0.644. The van der Waals surface area contributed by atoms with E-state index in [1.807, 2.05) is 29.2 Å². The van der Waals surface area contributed by atoms with Crippen LogP contribution >= 0.6 is 0 Å². The van der Waals surface area contributed by atoms with Gasteiger partial charge in [0.1, 0.15) is 12.0 Å². The molecule has 4 rings (SSSR count). The highest BCUT2D eigenvalue weighted by atomic mass is 19.1. The Morgan fingerprint density at radius 2 is 2.00 bits per heavy atom. The van der Waals surface area contributed by atoms with Crippen molar-refractivity contribution in [3.8, 4) is 17.3 Å². The van der Waals surface area contributed by atoms with E-state index in [1.165, 1.54) is 0 Å². The number of nitrogens with zero attached hydrogens (tertiary/aromatic N) is 4. The number of alkyl halides is 1. The van der Waals surface area contributed by atoms with Gasteiger partial charge < -0.3 is 20.9 Å². The molecule has 1 saturated heterocycles. The Labute approximate surface area is 192 Å². The maximum atomic E-state index is 14.1. The van der Waals surface area contributed by atoms with E-state index in [4.69, 9.17) is 15.4 Å². The topological polar surface area (TPSA) is 101 Å². The van der Waals surface area contributed by atoms with Crippen LogP contribution in [0.4, 0.5) is 16.2 Å². The van der Waals surface area contributed by atoms with E-state index in [1.54, 1.807) is 38.5 Å². The van der Waals surface area contributed by atoms with Gasteiger partial charge in [-0.05, 0) is 42.7 Å². The fourth-order valence-electron chi connectivity index (χ4n) is 4.06. The van der Waals surface area contributed by atoms with E-state index in [2.05, 4.69) is 16.7 Å². The van der Waals surface area contributed by atoms with Gasteiger partial charge >= 0.3 is 0 Å². The Morgan fingerprint density at radius 3 is 2.67 bits per heavy atom. The van der Waals surface area contributed by atoms with Crippen molar-refractivity contribution in [1.29, 1.82) is 10.7 Å². The summed E-state index contributed by atoms with van der Waals surface area (Å²) in [5.41, 5.74) is 4.84. The second kappa shape index (κ2) is 9.65. The first kappa shape index (κ1) is 22.2. The zero-order chi connectivity index (χ0) is 23.4. The molecule has 0 radical (unpaired) electrons. The Bertz CT molecular complexity index is 1190. The minimum absolute atomic E-state index is 0.268. The number of allylic oxidation sites excluding steroid dienone is 5. The van der Waals surface area contributed by atoms with E-state index in [0.29, 0.717) is 41.7 Å². The lowest BCUT2D eigenvalue weighted by Crippen LogP contribution is -2.37. The van der Waals surface area contributed by atoms with Crippen LogP contribution in [0.3, 0.4) is 0 Å². The second-order valence-electron chi connectivity index (χ2n) is 7.96. The van der Waals surface area contributed by atoms with Crippen LogP contribution in [0.1, 0.15) is 24.0 Å². The molecule has 1 aromatic carbocycles. The van der Waals surface area contributed by atoms with E-state index >= 15 is 0 Å². The van der Waals surface area contributed by atoms with Gasteiger partial charge in [-0.2, -0.15) is 10.2 Å². The number of piperidine rings is 1. The zero-order valence-corrected chi connectivity index (χ0v) is 18.7. The van der Waals surface area contributed by atoms with Gasteiger partial charge in [0.15, 0.2) is 0 Å². The van der Waals surface area contributed by atoms with Gasteiger partial charge in [-0.3, -0.25) is 0 Å². The van der Waals surface area contributed by atoms with Crippen LogP contribution in [0, 0.1) is 16.7 Å². The number of nitriles is 1. The molecule has 2 aromatic rings. The molecule has 0 amide bonds. The summed E-state index contributed by atoms with van der Waals surface area (Å²) in [7, 11) is 3.59. The van der Waals surface area contributed by atoms with Gasteiger partial charge in [0.05, 0.1) is 35.1 Å². The second-order valence-corrected chi connectivity index (χ2v) is 7.96. The summed E-state index contributed by atoms with van der Waals surface area (Å²) < 4.78 is 14.1. The monoisotopic (exact) mass is 443 g/mol. The van der Waals surface area contributed by atoms with Gasteiger partial charge in [0.25, 0.3) is 0 Å². The van der Waals surface area contributed by atoms with Crippen molar-refractivity contribution >= 4 is 23.1 Å². The Balaban J connectivity index is 1.91. The SMILES string of the molecule is CN/C=C1/C=C(c2c(NC)nc(N3CCC[C@H](F)C3)nc2-c2ccc(C#N)cc2)C=CC1=N. The summed E-state index contributed by atoms with van der Waals surface area (Å²) >= 11 is 0. The van der Waals surface area contributed by atoms with Crippen molar-refractivity contribution in [3.63, 3.8) is 0 Å². The molecule has 33 heavy (non-hydrogen) atoms. The molecule has 1 fully saturated rings. The van der Waals surface area contributed by atoms with Crippen LogP contribution in [-0.2, 0) is 0 Å². The Hall–Kier alpha value is -3.99. The number of rotatable bonds is 5. The lowest BCUT2D eigenvalue weighted by Gasteiger charge is -2.30. The van der Waals surface area contributed by atoms with Crippen LogP contribution in [0.5, 0.6) is 0 Å². The number of nitrogens with one attached hydrogen (secondary N) is 3. The van der Waals surface area contributed by atoms with Gasteiger partial charge in [0.2, 0.25) is 5.95 Å². The molecule has 1 aliphatic carbocycles. The van der Waals surface area contributed by atoms with Crippen molar-refractivity contribution < 1.29 is 4.39 Å². The molecule has 2 aliphatic rings. The molecule has 0 unspecified atom stereocenters. The van der Waals surface area contributed by atoms with Gasteiger partial charge in [-0.15, -0.1) is 0 Å². The average Bonchev–Trinajstić information content (AvgIpc) is 2.85. The molecule has 1 aliphatic heterocycles. The third-order valence-electron chi connectivity index (χ3n) is 5.71. The first-order valence-corrected chi connectivity index (χ1v) is 10.9. The molecule has 0 saturated carbocycles. The molecule has 2 heterocycles. The first-order valence-electron chi connectivity index (χ1n) is 10.9. The molecule has 3 N–H and O–H groups in total. The van der Waals surface area contributed by atoms with Crippen molar-refractivity contribution in [1.82, 2.24) is 15.3 Å². The molecule has 0 bridgehead atoms. The third-order valence-corrected chi connectivity index (χ3v) is 5.71. The Kier molecular flexibility index (Phi) is 6.50. The first-order chi connectivity index (χ1) is 16.0. The largest absolute Gasteiger partial charge is 0.393 e. The number of hydrogen-bond acceptors (Lipinski definition) is 7. The predicted molar refractivity (Wildman–Crippen MR) is 130 cm³/mol. The molecule has 7 nitrogen and oxygen atoms in total. The molecule has 1 atom stereocenters. The van der Waals surface area contributed by atoms with E-state index in [-0.39, 0.29) is 6.54 Å². The summed E-state index contributed by atoms with van der Waals surface area (Å²) in [6.45, 7) is 0.967. The zero-order valence-electron chi connectivity index (χ0n) is 18.7. The van der Waals surface area contributed by atoms with Crippen LogP contribution in [0.25, 0.3) is 16.8 Å². The lowest BCUT2D eigenvalue weighted by molar-refractivity contribution is 0.285. The molecule has 168 valence electrons. The van der Waals surface area contributed by atoms with Gasteiger partial charge in [-0.25, -0.2) is 9.37 Å².